The minimum atomic E-state index is -0.0167. The first kappa shape index (κ1) is 13.7. The average molecular weight is 286 g/mol. The van der Waals surface area contributed by atoms with Crippen molar-refractivity contribution in [3.63, 3.8) is 0 Å². The van der Waals surface area contributed by atoms with Gasteiger partial charge in [-0.15, -0.1) is 0 Å². The summed E-state index contributed by atoms with van der Waals surface area (Å²) >= 11 is 0. The van der Waals surface area contributed by atoms with Crippen LogP contribution in [0.25, 0.3) is 5.82 Å². The quantitative estimate of drug-likeness (QED) is 0.888. The van der Waals surface area contributed by atoms with Gasteiger partial charge in [-0.2, -0.15) is 0 Å². The molecule has 0 saturated carbocycles. The summed E-state index contributed by atoms with van der Waals surface area (Å²) in [6, 6.07) is -0.0167. The lowest BCUT2D eigenvalue weighted by Gasteiger charge is -2.25. The minimum absolute atomic E-state index is 0.0167. The minimum Gasteiger partial charge on any atom is -0.333 e. The van der Waals surface area contributed by atoms with Crippen LogP contribution in [0.2, 0.25) is 0 Å². The van der Waals surface area contributed by atoms with Crippen molar-refractivity contribution in [2.24, 2.45) is 0 Å². The fourth-order valence-corrected chi connectivity index (χ4v) is 2.76. The van der Waals surface area contributed by atoms with Crippen LogP contribution in [0, 0.1) is 0 Å². The molecule has 7 heteroatoms. The molecule has 1 saturated heterocycles. The summed E-state index contributed by atoms with van der Waals surface area (Å²) in [5.74, 6) is 0.839. The maximum Gasteiger partial charge on any atom is 0.237 e. The molecular formula is C14H18N6O. The van der Waals surface area contributed by atoms with Crippen molar-refractivity contribution in [2.45, 2.75) is 18.9 Å². The Morgan fingerprint density at radius 2 is 2.24 bits per heavy atom. The van der Waals surface area contributed by atoms with Crippen molar-refractivity contribution >= 4 is 5.91 Å². The summed E-state index contributed by atoms with van der Waals surface area (Å²) in [7, 11) is 1.78. The summed E-state index contributed by atoms with van der Waals surface area (Å²) < 4.78 is 1.83. The molecule has 0 aliphatic carbocycles. The van der Waals surface area contributed by atoms with Crippen molar-refractivity contribution in [3.05, 3.63) is 36.8 Å². The Morgan fingerprint density at radius 1 is 1.38 bits per heavy atom. The molecule has 0 spiro atoms. The molecule has 2 aromatic heterocycles. The molecule has 1 fully saturated rings. The van der Waals surface area contributed by atoms with Gasteiger partial charge in [0.05, 0.1) is 12.6 Å². The SMILES string of the molecule is CNCC(=O)N1CCCC1c1nccnc1-n1ccnc1. The smallest absolute Gasteiger partial charge is 0.237 e. The second kappa shape index (κ2) is 6.01. The highest BCUT2D eigenvalue weighted by Crippen LogP contribution is 2.32. The Kier molecular flexibility index (Phi) is 3.92. The van der Waals surface area contributed by atoms with E-state index >= 15 is 0 Å². The van der Waals surface area contributed by atoms with Crippen LogP contribution in [-0.2, 0) is 4.79 Å². The number of nitrogens with one attached hydrogen (secondary N) is 1. The molecule has 2 aromatic rings. The Labute approximate surface area is 123 Å². The number of nitrogens with zero attached hydrogens (tertiary/aromatic N) is 5. The van der Waals surface area contributed by atoms with Gasteiger partial charge in [-0.1, -0.05) is 0 Å². The highest BCUT2D eigenvalue weighted by atomic mass is 16.2. The van der Waals surface area contributed by atoms with Crippen molar-refractivity contribution in [3.8, 4) is 5.82 Å². The Balaban J connectivity index is 1.95. The van der Waals surface area contributed by atoms with Crippen LogP contribution in [-0.4, -0.2) is 50.5 Å². The van der Waals surface area contributed by atoms with Gasteiger partial charge in [-0.25, -0.2) is 9.97 Å². The third kappa shape index (κ3) is 2.64. The molecule has 1 amide bonds. The van der Waals surface area contributed by atoms with Crippen LogP contribution in [0.4, 0.5) is 0 Å². The van der Waals surface area contributed by atoms with Gasteiger partial charge in [-0.05, 0) is 19.9 Å². The second-order valence-corrected chi connectivity index (χ2v) is 5.01. The third-order valence-corrected chi connectivity index (χ3v) is 3.67. The molecule has 7 nitrogen and oxygen atoms in total. The van der Waals surface area contributed by atoms with E-state index in [9.17, 15) is 4.79 Å². The van der Waals surface area contributed by atoms with E-state index in [1.807, 2.05) is 15.7 Å². The number of likely N-dealkylation sites (tertiary alicyclic amines) is 1. The highest BCUT2D eigenvalue weighted by molar-refractivity contribution is 5.79. The van der Waals surface area contributed by atoms with E-state index in [4.69, 9.17) is 0 Å². The Hall–Kier alpha value is -2.28. The molecule has 1 aliphatic rings. The number of amides is 1. The van der Waals surface area contributed by atoms with Gasteiger partial charge in [0, 0.05) is 31.3 Å². The van der Waals surface area contributed by atoms with E-state index in [0.717, 1.165) is 30.9 Å². The molecule has 0 bridgehead atoms. The van der Waals surface area contributed by atoms with Crippen LogP contribution < -0.4 is 5.32 Å². The van der Waals surface area contributed by atoms with Gasteiger partial charge in [0.15, 0.2) is 5.82 Å². The van der Waals surface area contributed by atoms with Crippen LogP contribution in [0.15, 0.2) is 31.1 Å². The predicted octanol–water partition coefficient (Wildman–Crippen LogP) is 0.545. The zero-order valence-corrected chi connectivity index (χ0v) is 11.9. The lowest BCUT2D eigenvalue weighted by molar-refractivity contribution is -0.131. The van der Waals surface area contributed by atoms with Crippen molar-refractivity contribution in [2.75, 3.05) is 20.1 Å². The topological polar surface area (TPSA) is 75.9 Å². The van der Waals surface area contributed by atoms with E-state index < -0.39 is 0 Å². The fraction of sp³-hybridized carbons (Fsp3) is 0.429. The molecule has 1 atom stereocenters. The van der Waals surface area contributed by atoms with Gasteiger partial charge >= 0.3 is 0 Å². The number of likely N-dealkylation sites (N-methyl/N-ethyl adjacent to an activating group) is 1. The molecule has 110 valence electrons. The standard InChI is InChI=1S/C14H18N6O/c1-15-9-12(21)20-7-2-3-11(20)13-14(18-5-4-17-13)19-8-6-16-10-19/h4-6,8,10-11,15H,2-3,7,9H2,1H3. The van der Waals surface area contributed by atoms with E-state index in [2.05, 4.69) is 20.3 Å². The summed E-state index contributed by atoms with van der Waals surface area (Å²) in [4.78, 5) is 27.1. The Morgan fingerprint density at radius 3 is 3.00 bits per heavy atom. The van der Waals surface area contributed by atoms with Gasteiger partial charge < -0.3 is 10.2 Å². The normalized spacial score (nSPS) is 18.1. The van der Waals surface area contributed by atoms with Crippen molar-refractivity contribution in [1.29, 1.82) is 0 Å². The highest BCUT2D eigenvalue weighted by Gasteiger charge is 2.32. The van der Waals surface area contributed by atoms with Crippen LogP contribution in [0.1, 0.15) is 24.6 Å². The third-order valence-electron chi connectivity index (χ3n) is 3.67. The van der Waals surface area contributed by atoms with Crippen LogP contribution in [0.5, 0.6) is 0 Å². The molecular weight excluding hydrogens is 268 g/mol. The molecule has 0 aromatic carbocycles. The summed E-state index contributed by atoms with van der Waals surface area (Å²) in [5, 5.41) is 2.92. The Bertz CT molecular complexity index is 612. The maximum atomic E-state index is 12.2. The predicted molar refractivity (Wildman–Crippen MR) is 76.8 cm³/mol. The maximum absolute atomic E-state index is 12.2. The first-order valence-electron chi connectivity index (χ1n) is 7.04. The van der Waals surface area contributed by atoms with E-state index in [1.165, 1.54) is 0 Å². The largest absolute Gasteiger partial charge is 0.333 e. The number of rotatable bonds is 4. The van der Waals surface area contributed by atoms with E-state index in [1.54, 1.807) is 32.0 Å². The zero-order valence-electron chi connectivity index (χ0n) is 11.9. The van der Waals surface area contributed by atoms with Gasteiger partial charge in [0.25, 0.3) is 0 Å². The number of hydrogen-bond acceptors (Lipinski definition) is 5. The molecule has 1 unspecified atom stereocenters. The molecule has 1 aliphatic heterocycles. The van der Waals surface area contributed by atoms with Gasteiger partial charge in [0.2, 0.25) is 5.91 Å². The first-order chi connectivity index (χ1) is 10.3. The van der Waals surface area contributed by atoms with E-state index in [0.29, 0.717) is 6.54 Å². The molecule has 1 N–H and O–H groups in total. The van der Waals surface area contributed by atoms with Crippen molar-refractivity contribution in [1.82, 2.24) is 29.7 Å². The lowest BCUT2D eigenvalue weighted by atomic mass is 10.1. The van der Waals surface area contributed by atoms with Gasteiger partial charge in [0.1, 0.15) is 12.0 Å². The van der Waals surface area contributed by atoms with E-state index in [-0.39, 0.29) is 11.9 Å². The summed E-state index contributed by atoms with van der Waals surface area (Å²) in [6.07, 6.45) is 10.5. The average Bonchev–Trinajstić information content (AvgIpc) is 3.19. The molecule has 3 heterocycles. The fourth-order valence-electron chi connectivity index (χ4n) is 2.76. The van der Waals surface area contributed by atoms with Gasteiger partial charge in [-0.3, -0.25) is 14.3 Å². The number of hydrogen-bond donors (Lipinski definition) is 1. The number of carbonyl (C=O) groups is 1. The summed E-state index contributed by atoms with van der Waals surface area (Å²) in [5.41, 5.74) is 0.831. The monoisotopic (exact) mass is 286 g/mol. The second-order valence-electron chi connectivity index (χ2n) is 5.01. The lowest BCUT2D eigenvalue weighted by Crippen LogP contribution is -2.37. The molecule has 3 rings (SSSR count). The van der Waals surface area contributed by atoms with Crippen LogP contribution in [0.3, 0.4) is 0 Å². The molecule has 0 radical (unpaired) electrons. The molecule has 21 heavy (non-hydrogen) atoms. The van der Waals surface area contributed by atoms with Crippen molar-refractivity contribution < 1.29 is 4.79 Å². The van der Waals surface area contributed by atoms with Crippen LogP contribution >= 0.6 is 0 Å². The number of imidazole rings is 1. The summed E-state index contributed by atoms with van der Waals surface area (Å²) in [6.45, 7) is 1.11. The number of carbonyl (C=O) groups excluding carboxylic acids is 1. The zero-order chi connectivity index (χ0) is 14.7. The first-order valence-corrected chi connectivity index (χ1v) is 7.04. The number of aromatic nitrogens is 4.